The Balaban J connectivity index is 1.80. The van der Waals surface area contributed by atoms with Crippen LogP contribution in [0.5, 0.6) is 0 Å². The molecule has 2 bridgehead atoms. The molecule has 0 aromatic carbocycles. The molecule has 3 fully saturated rings. The summed E-state index contributed by atoms with van der Waals surface area (Å²) in [6.45, 7) is 10.3. The minimum absolute atomic E-state index is 0.584. The zero-order valence-corrected chi connectivity index (χ0v) is 14.0. The van der Waals surface area contributed by atoms with Crippen molar-refractivity contribution in [1.82, 2.24) is 0 Å². The Morgan fingerprint density at radius 3 is 2.70 bits per heavy atom. The van der Waals surface area contributed by atoms with Gasteiger partial charge < -0.3 is 0 Å². The van der Waals surface area contributed by atoms with Crippen molar-refractivity contribution in [1.29, 1.82) is 0 Å². The normalized spacial score (nSPS) is 53.0. The molecule has 0 N–H and O–H groups in total. The molecule has 0 aromatic rings. The fourth-order valence-electron chi connectivity index (χ4n) is 7.49. The molecule has 3 saturated carbocycles. The Labute approximate surface area is 125 Å². The molecule has 4 rings (SSSR count). The van der Waals surface area contributed by atoms with Crippen LogP contribution in [0, 0.1) is 34.0 Å². The maximum absolute atomic E-state index is 2.71. The highest BCUT2D eigenvalue weighted by Gasteiger charge is 2.65. The van der Waals surface area contributed by atoms with Crippen molar-refractivity contribution in [3.05, 3.63) is 11.6 Å². The average molecular weight is 272 g/mol. The van der Waals surface area contributed by atoms with Crippen LogP contribution in [-0.2, 0) is 0 Å². The van der Waals surface area contributed by atoms with Crippen LogP contribution in [-0.4, -0.2) is 0 Å². The third-order valence-electron chi connectivity index (χ3n) is 8.56. The van der Waals surface area contributed by atoms with E-state index >= 15 is 0 Å². The molecule has 1 spiro atoms. The summed E-state index contributed by atoms with van der Waals surface area (Å²) in [6, 6.07) is 0. The quantitative estimate of drug-likeness (QED) is 0.476. The van der Waals surface area contributed by atoms with E-state index in [4.69, 9.17) is 0 Å². The number of hydrogen-bond donors (Lipinski definition) is 0. The minimum atomic E-state index is 0.584. The fourth-order valence-corrected chi connectivity index (χ4v) is 7.49. The SMILES string of the molecule is CC1=CC[C@]23CC1C[C@@H]2CC[C@H]1C(C)(C)CCC[C@@]13C. The molecule has 0 saturated heterocycles. The molecule has 0 aromatic heterocycles. The highest BCUT2D eigenvalue weighted by molar-refractivity contribution is 5.24. The molecule has 0 heterocycles. The van der Waals surface area contributed by atoms with Gasteiger partial charge in [-0.3, -0.25) is 0 Å². The largest absolute Gasteiger partial charge is 0.0847 e. The summed E-state index contributed by atoms with van der Waals surface area (Å²) in [5.74, 6) is 2.95. The van der Waals surface area contributed by atoms with Gasteiger partial charge in [0.25, 0.3) is 0 Å². The molecule has 5 atom stereocenters. The molecule has 20 heavy (non-hydrogen) atoms. The van der Waals surface area contributed by atoms with Gasteiger partial charge in [0.2, 0.25) is 0 Å². The molecule has 0 aliphatic heterocycles. The van der Waals surface area contributed by atoms with Gasteiger partial charge in [-0.25, -0.2) is 0 Å². The van der Waals surface area contributed by atoms with E-state index in [0.29, 0.717) is 16.2 Å². The summed E-state index contributed by atoms with van der Waals surface area (Å²) in [5, 5.41) is 0. The van der Waals surface area contributed by atoms with E-state index in [2.05, 4.69) is 33.8 Å². The number of fused-ring (bicyclic) bond motifs is 2. The Morgan fingerprint density at radius 1 is 1.10 bits per heavy atom. The summed E-state index contributed by atoms with van der Waals surface area (Å²) < 4.78 is 0. The molecule has 1 unspecified atom stereocenters. The predicted molar refractivity (Wildman–Crippen MR) is 85.5 cm³/mol. The molecular weight excluding hydrogens is 240 g/mol. The van der Waals surface area contributed by atoms with Crippen LogP contribution in [0.4, 0.5) is 0 Å². The van der Waals surface area contributed by atoms with Crippen molar-refractivity contribution in [2.45, 2.75) is 79.1 Å². The van der Waals surface area contributed by atoms with Gasteiger partial charge in [-0.1, -0.05) is 38.8 Å². The molecular formula is C20H32. The first-order chi connectivity index (χ1) is 9.39. The Bertz CT molecular complexity index is 457. The minimum Gasteiger partial charge on any atom is -0.0847 e. The van der Waals surface area contributed by atoms with Crippen LogP contribution in [0.2, 0.25) is 0 Å². The first-order valence-electron chi connectivity index (χ1n) is 9.06. The van der Waals surface area contributed by atoms with Gasteiger partial charge in [0.15, 0.2) is 0 Å². The van der Waals surface area contributed by atoms with E-state index in [9.17, 15) is 0 Å². The molecule has 4 aliphatic rings. The van der Waals surface area contributed by atoms with Gasteiger partial charge in [-0.15, -0.1) is 0 Å². The van der Waals surface area contributed by atoms with E-state index in [1.165, 1.54) is 51.4 Å². The second-order valence-corrected chi connectivity index (χ2v) is 9.53. The van der Waals surface area contributed by atoms with Gasteiger partial charge in [-0.05, 0) is 85.9 Å². The second-order valence-electron chi connectivity index (χ2n) is 9.53. The Morgan fingerprint density at radius 2 is 1.90 bits per heavy atom. The van der Waals surface area contributed by atoms with Crippen molar-refractivity contribution < 1.29 is 0 Å². The van der Waals surface area contributed by atoms with Gasteiger partial charge in [0.1, 0.15) is 0 Å². The zero-order valence-electron chi connectivity index (χ0n) is 14.0. The predicted octanol–water partition coefficient (Wildman–Crippen LogP) is 5.98. The molecule has 0 heteroatoms. The van der Waals surface area contributed by atoms with E-state index in [1.54, 1.807) is 5.57 Å². The van der Waals surface area contributed by atoms with Gasteiger partial charge in [0, 0.05) is 0 Å². The van der Waals surface area contributed by atoms with Crippen molar-refractivity contribution in [3.63, 3.8) is 0 Å². The maximum atomic E-state index is 2.71. The van der Waals surface area contributed by atoms with Crippen molar-refractivity contribution in [2.24, 2.45) is 34.0 Å². The third kappa shape index (κ3) is 1.44. The van der Waals surface area contributed by atoms with Crippen LogP contribution in [0.1, 0.15) is 79.1 Å². The summed E-state index contributed by atoms with van der Waals surface area (Å²) in [6.07, 6.45) is 14.6. The molecule has 112 valence electrons. The number of hydrogen-bond acceptors (Lipinski definition) is 0. The average Bonchev–Trinajstić information content (AvgIpc) is 2.70. The van der Waals surface area contributed by atoms with Crippen LogP contribution in [0.3, 0.4) is 0 Å². The molecule has 0 amide bonds. The first-order valence-corrected chi connectivity index (χ1v) is 9.06. The van der Waals surface area contributed by atoms with Crippen molar-refractivity contribution in [2.75, 3.05) is 0 Å². The maximum Gasteiger partial charge on any atom is -0.0172 e. The second kappa shape index (κ2) is 3.93. The lowest BCUT2D eigenvalue weighted by Gasteiger charge is -2.64. The standard InChI is InChI=1S/C20H32/c1-14-8-11-20-13-15(14)12-16(20)6-7-17-18(2,3)9-5-10-19(17,20)4/h8,15-17H,5-7,9-13H2,1-4H3/t15?,16-,17-,19-,20-/m0/s1. The highest BCUT2D eigenvalue weighted by atomic mass is 14.7. The lowest BCUT2D eigenvalue weighted by molar-refractivity contribution is -0.149. The van der Waals surface area contributed by atoms with Crippen molar-refractivity contribution in [3.8, 4) is 0 Å². The van der Waals surface area contributed by atoms with Crippen LogP contribution >= 0.6 is 0 Å². The van der Waals surface area contributed by atoms with Crippen LogP contribution < -0.4 is 0 Å². The zero-order chi connectivity index (χ0) is 14.2. The summed E-state index contributed by atoms with van der Waals surface area (Å²) in [7, 11) is 0. The van der Waals surface area contributed by atoms with Gasteiger partial charge in [-0.2, -0.15) is 0 Å². The molecule has 0 radical (unpaired) electrons. The topological polar surface area (TPSA) is 0 Å². The lowest BCUT2D eigenvalue weighted by Crippen LogP contribution is -2.56. The highest BCUT2D eigenvalue weighted by Crippen LogP contribution is 2.73. The third-order valence-corrected chi connectivity index (χ3v) is 8.56. The summed E-state index contributed by atoms with van der Waals surface area (Å²) in [5.41, 5.74) is 3.61. The van der Waals surface area contributed by atoms with Crippen LogP contribution in [0.15, 0.2) is 11.6 Å². The first kappa shape index (κ1) is 13.4. The van der Waals surface area contributed by atoms with E-state index in [0.717, 1.165) is 17.8 Å². The number of rotatable bonds is 0. The monoisotopic (exact) mass is 272 g/mol. The van der Waals surface area contributed by atoms with Crippen LogP contribution in [0.25, 0.3) is 0 Å². The van der Waals surface area contributed by atoms with Gasteiger partial charge >= 0.3 is 0 Å². The molecule has 0 nitrogen and oxygen atoms in total. The fraction of sp³-hybridized carbons (Fsp3) is 0.900. The Hall–Kier alpha value is -0.260. The van der Waals surface area contributed by atoms with Gasteiger partial charge in [0.05, 0.1) is 0 Å². The Kier molecular flexibility index (Phi) is 2.63. The van der Waals surface area contributed by atoms with E-state index in [-0.39, 0.29) is 0 Å². The van der Waals surface area contributed by atoms with E-state index in [1.807, 2.05) is 0 Å². The van der Waals surface area contributed by atoms with Crippen molar-refractivity contribution >= 4 is 0 Å². The smallest absolute Gasteiger partial charge is 0.0172 e. The van der Waals surface area contributed by atoms with E-state index < -0.39 is 0 Å². The lowest BCUT2D eigenvalue weighted by atomic mass is 9.40. The molecule has 4 aliphatic carbocycles. The summed E-state index contributed by atoms with van der Waals surface area (Å²) >= 11 is 0. The number of allylic oxidation sites excluding steroid dienone is 2. The summed E-state index contributed by atoms with van der Waals surface area (Å²) in [4.78, 5) is 0.